The Balaban J connectivity index is 2.07. The summed E-state index contributed by atoms with van der Waals surface area (Å²) in [6.07, 6.45) is 1.92. The Bertz CT molecular complexity index is 590. The first kappa shape index (κ1) is 14.9. The number of hydrogen-bond acceptors (Lipinski definition) is 4. The smallest absolute Gasteiger partial charge is 0.140 e. The van der Waals surface area contributed by atoms with E-state index >= 15 is 0 Å². The lowest BCUT2D eigenvalue weighted by Gasteiger charge is -2.03. The number of thiazole rings is 1. The van der Waals surface area contributed by atoms with Gasteiger partial charge < -0.3 is 10.5 Å². The van der Waals surface area contributed by atoms with Gasteiger partial charge in [-0.3, -0.25) is 0 Å². The number of nitrogens with two attached hydrogens (primary N) is 1. The first-order chi connectivity index (χ1) is 9.60. The lowest BCUT2D eigenvalue weighted by molar-refractivity contribution is 0.305. The average molecular weight is 306 g/mol. The molecule has 0 amide bonds. The van der Waals surface area contributed by atoms with Crippen molar-refractivity contribution in [3.63, 3.8) is 0 Å². The molecule has 0 fully saturated rings. The van der Waals surface area contributed by atoms with Crippen LogP contribution in [0.25, 0.3) is 0 Å². The third-order valence-corrected chi connectivity index (χ3v) is 4.27. The highest BCUT2D eigenvalue weighted by Gasteiger charge is 2.13. The van der Waals surface area contributed by atoms with Gasteiger partial charge in [0.05, 0.1) is 10.6 Å². The van der Waals surface area contributed by atoms with E-state index in [9.17, 15) is 0 Å². The highest BCUT2D eigenvalue weighted by atomic mass is 32.1. The first-order valence-electron chi connectivity index (χ1n) is 6.58. The van der Waals surface area contributed by atoms with Gasteiger partial charge in [0, 0.05) is 0 Å². The molecule has 2 rings (SSSR count). The largest absolute Gasteiger partial charge is 0.486 e. The molecular formula is C15H18N2OS2. The zero-order valence-corrected chi connectivity index (χ0v) is 13.3. The number of thiocarbonyl (C=S) groups is 1. The predicted molar refractivity (Wildman–Crippen MR) is 87.5 cm³/mol. The number of ether oxygens (including phenoxy) is 1. The van der Waals surface area contributed by atoms with Gasteiger partial charge in [-0.1, -0.05) is 43.3 Å². The molecular weight excluding hydrogens is 288 g/mol. The SMILES string of the molecule is CCCc1nc(COc2ccc(C)cc2)sc1C(N)=S. The van der Waals surface area contributed by atoms with Crippen LogP contribution in [0, 0.1) is 6.92 Å². The number of benzene rings is 1. The van der Waals surface area contributed by atoms with Crippen molar-refractivity contribution in [2.45, 2.75) is 33.3 Å². The Hall–Kier alpha value is -1.46. The van der Waals surface area contributed by atoms with E-state index in [0.717, 1.165) is 34.2 Å². The third-order valence-electron chi connectivity index (χ3n) is 2.84. The van der Waals surface area contributed by atoms with Crippen LogP contribution < -0.4 is 10.5 Å². The molecule has 3 nitrogen and oxygen atoms in total. The summed E-state index contributed by atoms with van der Waals surface area (Å²) >= 11 is 6.60. The van der Waals surface area contributed by atoms with Gasteiger partial charge in [0.1, 0.15) is 22.4 Å². The van der Waals surface area contributed by atoms with E-state index in [1.165, 1.54) is 16.9 Å². The number of aryl methyl sites for hydroxylation is 2. The minimum Gasteiger partial charge on any atom is -0.486 e. The summed E-state index contributed by atoms with van der Waals surface area (Å²) in [5.41, 5.74) is 7.95. The molecule has 2 aromatic rings. The second-order valence-corrected chi connectivity index (χ2v) is 6.12. The van der Waals surface area contributed by atoms with Crippen LogP contribution in [0.2, 0.25) is 0 Å². The zero-order valence-electron chi connectivity index (χ0n) is 11.7. The molecule has 0 saturated heterocycles. The molecule has 106 valence electrons. The summed E-state index contributed by atoms with van der Waals surface area (Å²) in [6, 6.07) is 7.98. The fourth-order valence-electron chi connectivity index (χ4n) is 1.84. The van der Waals surface area contributed by atoms with Crippen LogP contribution in [0.4, 0.5) is 0 Å². The van der Waals surface area contributed by atoms with E-state index in [4.69, 9.17) is 22.7 Å². The highest BCUT2D eigenvalue weighted by Crippen LogP contribution is 2.22. The van der Waals surface area contributed by atoms with Crippen molar-refractivity contribution in [1.29, 1.82) is 0 Å². The fraction of sp³-hybridized carbons (Fsp3) is 0.333. The van der Waals surface area contributed by atoms with Crippen LogP contribution >= 0.6 is 23.6 Å². The van der Waals surface area contributed by atoms with Gasteiger partial charge in [-0.25, -0.2) is 4.98 Å². The van der Waals surface area contributed by atoms with Crippen LogP contribution in [0.5, 0.6) is 5.75 Å². The second-order valence-electron chi connectivity index (χ2n) is 4.60. The molecule has 20 heavy (non-hydrogen) atoms. The van der Waals surface area contributed by atoms with Crippen LogP contribution in [-0.2, 0) is 13.0 Å². The molecule has 0 saturated carbocycles. The Kier molecular flexibility index (Phi) is 5.09. The standard InChI is InChI=1S/C15H18N2OS2/c1-3-4-12-14(15(16)19)20-13(17-12)9-18-11-7-5-10(2)6-8-11/h5-8H,3-4,9H2,1-2H3,(H2,16,19). The fourth-order valence-corrected chi connectivity index (χ4v) is 2.96. The number of aromatic nitrogens is 1. The maximum absolute atomic E-state index is 5.74. The normalized spacial score (nSPS) is 10.5. The lowest BCUT2D eigenvalue weighted by Crippen LogP contribution is -2.09. The molecule has 0 aliphatic rings. The zero-order chi connectivity index (χ0) is 14.5. The minimum atomic E-state index is 0.424. The topological polar surface area (TPSA) is 48.1 Å². The summed E-state index contributed by atoms with van der Waals surface area (Å²) in [6.45, 7) is 4.62. The van der Waals surface area contributed by atoms with E-state index < -0.39 is 0 Å². The molecule has 1 heterocycles. The van der Waals surface area contributed by atoms with Crippen LogP contribution in [0.15, 0.2) is 24.3 Å². The van der Waals surface area contributed by atoms with Crippen molar-refractivity contribution in [3.8, 4) is 5.75 Å². The monoisotopic (exact) mass is 306 g/mol. The molecule has 0 atom stereocenters. The molecule has 2 N–H and O–H groups in total. The number of rotatable bonds is 6. The van der Waals surface area contributed by atoms with E-state index in [2.05, 4.69) is 18.8 Å². The van der Waals surface area contributed by atoms with Crippen molar-refractivity contribution in [2.24, 2.45) is 5.73 Å². The third kappa shape index (κ3) is 3.77. The van der Waals surface area contributed by atoms with Crippen LogP contribution in [0.1, 0.15) is 34.5 Å². The summed E-state index contributed by atoms with van der Waals surface area (Å²) < 4.78 is 5.74. The molecule has 0 radical (unpaired) electrons. The van der Waals surface area contributed by atoms with E-state index in [-0.39, 0.29) is 0 Å². The number of nitrogens with zero attached hydrogens (tertiary/aromatic N) is 1. The Morgan fingerprint density at radius 1 is 1.35 bits per heavy atom. The van der Waals surface area contributed by atoms with Gasteiger partial charge in [-0.05, 0) is 25.5 Å². The van der Waals surface area contributed by atoms with Gasteiger partial charge in [0.15, 0.2) is 0 Å². The van der Waals surface area contributed by atoms with E-state index in [1.807, 2.05) is 24.3 Å². The van der Waals surface area contributed by atoms with Crippen molar-refractivity contribution >= 4 is 28.5 Å². The number of hydrogen-bond donors (Lipinski definition) is 1. The van der Waals surface area contributed by atoms with Crippen molar-refractivity contribution < 1.29 is 4.74 Å². The predicted octanol–water partition coefficient (Wildman–Crippen LogP) is 3.62. The van der Waals surface area contributed by atoms with Gasteiger partial charge in [-0.15, -0.1) is 11.3 Å². The Morgan fingerprint density at radius 2 is 2.05 bits per heavy atom. The van der Waals surface area contributed by atoms with Gasteiger partial charge >= 0.3 is 0 Å². The second kappa shape index (κ2) is 6.81. The Labute approximate surface area is 128 Å². The molecule has 1 aromatic carbocycles. The average Bonchev–Trinajstić information content (AvgIpc) is 2.82. The highest BCUT2D eigenvalue weighted by molar-refractivity contribution is 7.81. The summed E-state index contributed by atoms with van der Waals surface area (Å²) in [7, 11) is 0. The molecule has 0 aliphatic carbocycles. The Morgan fingerprint density at radius 3 is 2.65 bits per heavy atom. The van der Waals surface area contributed by atoms with Gasteiger partial charge in [0.25, 0.3) is 0 Å². The van der Waals surface area contributed by atoms with Crippen LogP contribution in [0.3, 0.4) is 0 Å². The van der Waals surface area contributed by atoms with Crippen molar-refractivity contribution in [3.05, 3.63) is 45.4 Å². The minimum absolute atomic E-state index is 0.424. The molecule has 1 aromatic heterocycles. The molecule has 0 bridgehead atoms. The first-order valence-corrected chi connectivity index (χ1v) is 7.80. The molecule has 0 aliphatic heterocycles. The molecule has 0 spiro atoms. The lowest BCUT2D eigenvalue weighted by atomic mass is 10.2. The van der Waals surface area contributed by atoms with Crippen molar-refractivity contribution in [1.82, 2.24) is 4.98 Å². The summed E-state index contributed by atoms with van der Waals surface area (Å²) in [4.78, 5) is 5.92. The molecule has 5 heteroatoms. The maximum atomic E-state index is 5.74. The van der Waals surface area contributed by atoms with Gasteiger partial charge in [-0.2, -0.15) is 0 Å². The summed E-state index contributed by atoms with van der Waals surface area (Å²) in [5.74, 6) is 0.847. The van der Waals surface area contributed by atoms with Crippen LogP contribution in [-0.4, -0.2) is 9.97 Å². The quantitative estimate of drug-likeness (QED) is 0.828. The molecule has 0 unspecified atom stereocenters. The summed E-state index contributed by atoms with van der Waals surface area (Å²) in [5, 5.41) is 0.914. The maximum Gasteiger partial charge on any atom is 0.140 e. The van der Waals surface area contributed by atoms with Gasteiger partial charge in [0.2, 0.25) is 0 Å². The van der Waals surface area contributed by atoms with Crippen molar-refractivity contribution in [2.75, 3.05) is 0 Å². The van der Waals surface area contributed by atoms with E-state index in [0.29, 0.717) is 11.6 Å². The van der Waals surface area contributed by atoms with E-state index in [1.54, 1.807) is 0 Å².